The van der Waals surface area contributed by atoms with E-state index in [-0.39, 0.29) is 6.10 Å². The molecule has 0 heterocycles. The molecule has 0 aliphatic heterocycles. The smallest absolute Gasteiger partial charge is 0.130 e. The Balaban J connectivity index is 2.27. The van der Waals surface area contributed by atoms with E-state index in [9.17, 15) is 0 Å². The first-order chi connectivity index (χ1) is 3.93. The highest BCUT2D eigenvalue weighted by Gasteiger charge is 2.01. The lowest BCUT2D eigenvalue weighted by Crippen LogP contribution is -2.01. The van der Waals surface area contributed by atoms with Gasteiger partial charge in [-0.25, -0.2) is 9.78 Å². The Bertz CT molecular complexity index is 104. The van der Waals surface area contributed by atoms with Crippen LogP contribution in [0.5, 0.6) is 0 Å². The highest BCUT2D eigenvalue weighted by atomic mass is 17.2. The Hall–Kier alpha value is -0.600. The molecule has 8 heavy (non-hydrogen) atoms. The van der Waals surface area contributed by atoms with Gasteiger partial charge in [-0.05, 0) is 12.2 Å². The minimum atomic E-state index is 0.0278. The monoisotopic (exact) mass is 112 g/mol. The topological polar surface area (TPSA) is 18.5 Å². The molecule has 0 aromatic carbocycles. The lowest BCUT2D eigenvalue weighted by molar-refractivity contribution is -0.282. The van der Waals surface area contributed by atoms with Crippen LogP contribution in [0.15, 0.2) is 24.3 Å². The molecular weight excluding hydrogens is 104 g/mol. The molecule has 2 heteroatoms. The van der Waals surface area contributed by atoms with Gasteiger partial charge in [-0.15, -0.1) is 0 Å². The van der Waals surface area contributed by atoms with E-state index < -0.39 is 0 Å². The van der Waals surface area contributed by atoms with Crippen molar-refractivity contribution in [2.45, 2.75) is 6.10 Å². The average Bonchev–Trinajstić information content (AvgIpc) is 2.19. The summed E-state index contributed by atoms with van der Waals surface area (Å²) in [5.74, 6) is 0. The third-order valence-electron chi connectivity index (χ3n) is 0.920. The summed E-state index contributed by atoms with van der Waals surface area (Å²) in [4.78, 5) is 9.15. The van der Waals surface area contributed by atoms with Gasteiger partial charge in [0, 0.05) is 0 Å². The van der Waals surface area contributed by atoms with Crippen molar-refractivity contribution in [1.29, 1.82) is 0 Å². The Morgan fingerprint density at radius 1 is 1.25 bits per heavy atom. The number of allylic oxidation sites excluding steroid dienone is 2. The summed E-state index contributed by atoms with van der Waals surface area (Å²) in [6, 6.07) is 0. The number of hydrogen-bond donors (Lipinski definition) is 0. The molecule has 0 bridgehead atoms. The maximum Gasteiger partial charge on any atom is 0.130 e. The number of rotatable bonds is 2. The molecule has 0 radical (unpaired) electrons. The predicted octanol–water partition coefficient (Wildman–Crippen LogP) is 1.06. The zero-order valence-electron chi connectivity index (χ0n) is 4.70. The van der Waals surface area contributed by atoms with Crippen LogP contribution < -0.4 is 0 Å². The van der Waals surface area contributed by atoms with Crippen molar-refractivity contribution in [3.05, 3.63) is 24.3 Å². The third-order valence-corrected chi connectivity index (χ3v) is 0.920. The molecule has 1 aliphatic carbocycles. The van der Waals surface area contributed by atoms with Crippen LogP contribution in [0, 0.1) is 0 Å². The van der Waals surface area contributed by atoms with Crippen molar-refractivity contribution in [3.63, 3.8) is 0 Å². The second-order valence-electron chi connectivity index (χ2n) is 1.50. The van der Waals surface area contributed by atoms with E-state index in [4.69, 9.17) is 4.89 Å². The summed E-state index contributed by atoms with van der Waals surface area (Å²) < 4.78 is 0. The molecule has 1 rings (SSSR count). The highest BCUT2D eigenvalue weighted by molar-refractivity contribution is 5.18. The zero-order chi connectivity index (χ0) is 5.82. The van der Waals surface area contributed by atoms with Crippen LogP contribution in [0.3, 0.4) is 0 Å². The normalized spacial score (nSPS) is 18.1. The Kier molecular flexibility index (Phi) is 1.83. The van der Waals surface area contributed by atoms with E-state index in [2.05, 4.69) is 4.89 Å². The Morgan fingerprint density at radius 2 is 1.88 bits per heavy atom. The minimum absolute atomic E-state index is 0.0278. The fourth-order valence-electron chi connectivity index (χ4n) is 0.587. The first-order valence-electron chi connectivity index (χ1n) is 2.48. The van der Waals surface area contributed by atoms with E-state index in [1.165, 1.54) is 7.11 Å². The van der Waals surface area contributed by atoms with E-state index in [1.807, 2.05) is 24.3 Å². The van der Waals surface area contributed by atoms with Crippen LogP contribution in [0.1, 0.15) is 0 Å². The third kappa shape index (κ3) is 1.18. The van der Waals surface area contributed by atoms with Gasteiger partial charge in [0.15, 0.2) is 0 Å². The van der Waals surface area contributed by atoms with Crippen LogP contribution >= 0.6 is 0 Å². The van der Waals surface area contributed by atoms with Crippen LogP contribution in [0.25, 0.3) is 0 Å². The zero-order valence-corrected chi connectivity index (χ0v) is 4.70. The second kappa shape index (κ2) is 2.64. The van der Waals surface area contributed by atoms with Gasteiger partial charge in [0.25, 0.3) is 0 Å². The summed E-state index contributed by atoms with van der Waals surface area (Å²) >= 11 is 0. The molecule has 0 unspecified atom stereocenters. The lowest BCUT2D eigenvalue weighted by Gasteiger charge is -2.00. The lowest BCUT2D eigenvalue weighted by atomic mass is 10.4. The van der Waals surface area contributed by atoms with Crippen LogP contribution in [0.2, 0.25) is 0 Å². The molecule has 0 amide bonds. The maximum atomic E-state index is 4.73. The molecule has 0 saturated carbocycles. The molecule has 0 atom stereocenters. The Morgan fingerprint density at radius 3 is 2.38 bits per heavy atom. The van der Waals surface area contributed by atoms with Crippen molar-refractivity contribution in [2.75, 3.05) is 7.11 Å². The van der Waals surface area contributed by atoms with Gasteiger partial charge in [0.1, 0.15) is 6.10 Å². The largest absolute Gasteiger partial charge is 0.239 e. The van der Waals surface area contributed by atoms with Crippen LogP contribution in [-0.2, 0) is 9.78 Å². The van der Waals surface area contributed by atoms with Gasteiger partial charge in [0.05, 0.1) is 7.11 Å². The highest BCUT2D eigenvalue weighted by Crippen LogP contribution is 2.03. The van der Waals surface area contributed by atoms with Crippen molar-refractivity contribution in [3.8, 4) is 0 Å². The molecule has 2 nitrogen and oxygen atoms in total. The molecule has 44 valence electrons. The van der Waals surface area contributed by atoms with Gasteiger partial charge in [0.2, 0.25) is 0 Å². The molecule has 0 saturated heterocycles. The fourth-order valence-corrected chi connectivity index (χ4v) is 0.587. The predicted molar refractivity (Wildman–Crippen MR) is 30.2 cm³/mol. The van der Waals surface area contributed by atoms with Crippen molar-refractivity contribution >= 4 is 0 Å². The second-order valence-corrected chi connectivity index (χ2v) is 1.50. The number of hydrogen-bond acceptors (Lipinski definition) is 2. The standard InChI is InChI=1S/C6H8O2/c1-7-8-6-4-2-3-5-6/h2-6H,1H3. The molecule has 0 N–H and O–H groups in total. The van der Waals surface area contributed by atoms with Gasteiger partial charge >= 0.3 is 0 Å². The first-order valence-corrected chi connectivity index (χ1v) is 2.48. The summed E-state index contributed by atoms with van der Waals surface area (Å²) in [5, 5.41) is 0. The molecule has 0 spiro atoms. The van der Waals surface area contributed by atoms with E-state index in [1.54, 1.807) is 0 Å². The minimum Gasteiger partial charge on any atom is -0.239 e. The van der Waals surface area contributed by atoms with E-state index in [0.29, 0.717) is 0 Å². The summed E-state index contributed by atoms with van der Waals surface area (Å²) in [7, 11) is 1.50. The molecular formula is C6H8O2. The molecule has 0 fully saturated rings. The van der Waals surface area contributed by atoms with Crippen LogP contribution in [-0.4, -0.2) is 13.2 Å². The van der Waals surface area contributed by atoms with Crippen LogP contribution in [0.4, 0.5) is 0 Å². The van der Waals surface area contributed by atoms with E-state index in [0.717, 1.165) is 0 Å². The average molecular weight is 112 g/mol. The van der Waals surface area contributed by atoms with Gasteiger partial charge in [-0.1, -0.05) is 12.2 Å². The van der Waals surface area contributed by atoms with Crippen molar-refractivity contribution < 1.29 is 9.78 Å². The SMILES string of the molecule is COOC1C=CC=C1. The Labute approximate surface area is 48.3 Å². The first kappa shape index (κ1) is 5.54. The summed E-state index contributed by atoms with van der Waals surface area (Å²) in [6.07, 6.45) is 7.68. The maximum absolute atomic E-state index is 4.73. The molecule has 0 aromatic rings. The summed E-state index contributed by atoms with van der Waals surface area (Å²) in [5.41, 5.74) is 0. The summed E-state index contributed by atoms with van der Waals surface area (Å²) in [6.45, 7) is 0. The quantitative estimate of drug-likeness (QED) is 0.393. The van der Waals surface area contributed by atoms with Gasteiger partial charge in [-0.2, -0.15) is 0 Å². The van der Waals surface area contributed by atoms with Gasteiger partial charge < -0.3 is 0 Å². The van der Waals surface area contributed by atoms with Gasteiger partial charge in [-0.3, -0.25) is 0 Å². The molecule has 1 aliphatic rings. The fraction of sp³-hybridized carbons (Fsp3) is 0.333. The van der Waals surface area contributed by atoms with Crippen molar-refractivity contribution in [1.82, 2.24) is 0 Å². The van der Waals surface area contributed by atoms with E-state index >= 15 is 0 Å². The van der Waals surface area contributed by atoms with Crippen molar-refractivity contribution in [2.24, 2.45) is 0 Å². The molecule has 0 aromatic heterocycles.